The third-order valence-electron chi connectivity index (χ3n) is 4.95. The van der Waals surface area contributed by atoms with E-state index in [9.17, 15) is 14.4 Å². The Balaban J connectivity index is 1.46. The summed E-state index contributed by atoms with van der Waals surface area (Å²) in [5.41, 5.74) is 5.21. The van der Waals surface area contributed by atoms with E-state index < -0.39 is 0 Å². The molecule has 0 aromatic rings. The topological polar surface area (TPSA) is 113 Å². The standard InChI is InChI=1S/C17H30N4O3S/c1-11(16(18)23)6-4-5-9-19-14(22)8-3-2-7-13-15-12(10-25-13)20-17(24)21-15/h11-13,15H,2-10H2,1H3,(H2,18,23)(H,19,22)(H2,20,21,24)/t11-,12-,13?,15-/m0/s1. The van der Waals surface area contributed by atoms with E-state index >= 15 is 0 Å². The molecule has 1 unspecified atom stereocenters. The highest BCUT2D eigenvalue weighted by atomic mass is 32.2. The third-order valence-corrected chi connectivity index (χ3v) is 6.46. The summed E-state index contributed by atoms with van der Waals surface area (Å²) in [4.78, 5) is 34.1. The number of nitrogens with one attached hydrogen (secondary N) is 3. The van der Waals surface area contributed by atoms with Crippen LogP contribution >= 0.6 is 11.8 Å². The van der Waals surface area contributed by atoms with E-state index in [4.69, 9.17) is 5.73 Å². The van der Waals surface area contributed by atoms with Gasteiger partial charge in [-0.2, -0.15) is 11.8 Å². The van der Waals surface area contributed by atoms with E-state index in [1.165, 1.54) is 0 Å². The zero-order chi connectivity index (χ0) is 18.2. The highest BCUT2D eigenvalue weighted by Crippen LogP contribution is 2.33. The number of unbranched alkanes of at least 4 members (excludes halogenated alkanes) is 2. The van der Waals surface area contributed by atoms with Gasteiger partial charge in [-0.05, 0) is 25.7 Å². The van der Waals surface area contributed by atoms with E-state index in [1.54, 1.807) is 0 Å². The van der Waals surface area contributed by atoms with Crippen molar-refractivity contribution in [3.63, 3.8) is 0 Å². The predicted octanol–water partition coefficient (Wildman–Crippen LogP) is 1.12. The summed E-state index contributed by atoms with van der Waals surface area (Å²) in [5.74, 6) is 0.714. The lowest BCUT2D eigenvalue weighted by Crippen LogP contribution is -2.36. The zero-order valence-electron chi connectivity index (χ0n) is 14.9. The van der Waals surface area contributed by atoms with Gasteiger partial charge in [0.15, 0.2) is 0 Å². The van der Waals surface area contributed by atoms with Crippen LogP contribution in [0.5, 0.6) is 0 Å². The number of nitrogens with two attached hydrogens (primary N) is 1. The van der Waals surface area contributed by atoms with Gasteiger partial charge in [0.2, 0.25) is 11.8 Å². The van der Waals surface area contributed by atoms with Crippen LogP contribution in [-0.2, 0) is 9.59 Å². The lowest BCUT2D eigenvalue weighted by molar-refractivity contribution is -0.122. The van der Waals surface area contributed by atoms with Crippen molar-refractivity contribution in [3.05, 3.63) is 0 Å². The molecule has 0 radical (unpaired) electrons. The fraction of sp³-hybridized carbons (Fsp3) is 0.824. The van der Waals surface area contributed by atoms with E-state index in [1.807, 2.05) is 18.7 Å². The lowest BCUT2D eigenvalue weighted by Gasteiger charge is -2.16. The number of hydrogen-bond donors (Lipinski definition) is 4. The molecule has 4 atom stereocenters. The number of primary amides is 1. The van der Waals surface area contributed by atoms with Crippen molar-refractivity contribution in [1.82, 2.24) is 16.0 Å². The molecule has 0 aromatic carbocycles. The minimum absolute atomic E-state index is 0.0510. The first-order valence-corrected chi connectivity index (χ1v) is 10.3. The molecule has 0 bridgehead atoms. The molecule has 5 N–H and O–H groups in total. The summed E-state index contributed by atoms with van der Waals surface area (Å²) >= 11 is 1.91. The summed E-state index contributed by atoms with van der Waals surface area (Å²) in [5, 5.41) is 9.32. The summed E-state index contributed by atoms with van der Waals surface area (Å²) in [6.45, 7) is 2.49. The van der Waals surface area contributed by atoms with Gasteiger partial charge in [0.05, 0.1) is 12.1 Å². The number of thioether (sulfide) groups is 1. The first-order chi connectivity index (χ1) is 12.0. The molecule has 0 spiro atoms. The van der Waals surface area contributed by atoms with Crippen LogP contribution in [0.25, 0.3) is 0 Å². The molecule has 0 saturated carbocycles. The number of hydrogen-bond acceptors (Lipinski definition) is 4. The number of urea groups is 1. The van der Waals surface area contributed by atoms with Gasteiger partial charge in [-0.15, -0.1) is 0 Å². The van der Waals surface area contributed by atoms with Gasteiger partial charge in [-0.25, -0.2) is 4.79 Å². The highest BCUT2D eigenvalue weighted by molar-refractivity contribution is 8.00. The number of fused-ring (bicyclic) bond motifs is 1. The van der Waals surface area contributed by atoms with Gasteiger partial charge in [0.25, 0.3) is 0 Å². The molecule has 25 heavy (non-hydrogen) atoms. The van der Waals surface area contributed by atoms with Crippen LogP contribution < -0.4 is 21.7 Å². The van der Waals surface area contributed by atoms with Gasteiger partial charge in [0, 0.05) is 29.9 Å². The Kier molecular flexibility index (Phi) is 7.87. The van der Waals surface area contributed by atoms with Crippen molar-refractivity contribution in [1.29, 1.82) is 0 Å². The van der Waals surface area contributed by atoms with Crippen LogP contribution in [0.15, 0.2) is 0 Å². The molecule has 8 heteroatoms. The quantitative estimate of drug-likeness (QED) is 0.322. The van der Waals surface area contributed by atoms with E-state index in [2.05, 4.69) is 16.0 Å². The van der Waals surface area contributed by atoms with Crippen molar-refractivity contribution in [3.8, 4) is 0 Å². The smallest absolute Gasteiger partial charge is 0.315 e. The molecule has 142 valence electrons. The SMILES string of the molecule is C[C@@H](CCCCNC(=O)CCCCC1SC[C@@H]2NC(=O)N[C@H]12)C(N)=O. The summed E-state index contributed by atoms with van der Waals surface area (Å²) in [7, 11) is 0. The first kappa shape index (κ1) is 19.9. The Morgan fingerprint density at radius 2 is 2.08 bits per heavy atom. The van der Waals surface area contributed by atoms with Gasteiger partial charge in [-0.3, -0.25) is 9.59 Å². The molecular weight excluding hydrogens is 340 g/mol. The molecule has 2 rings (SSSR count). The third kappa shape index (κ3) is 6.41. The van der Waals surface area contributed by atoms with Crippen molar-refractivity contribution in [2.75, 3.05) is 12.3 Å². The second-order valence-corrected chi connectivity index (χ2v) is 8.29. The van der Waals surface area contributed by atoms with Crippen molar-refractivity contribution in [2.45, 2.75) is 69.2 Å². The van der Waals surface area contributed by atoms with Crippen LogP contribution in [0.3, 0.4) is 0 Å². The molecule has 2 heterocycles. The predicted molar refractivity (Wildman–Crippen MR) is 99.2 cm³/mol. The minimum Gasteiger partial charge on any atom is -0.369 e. The van der Waals surface area contributed by atoms with Gasteiger partial charge in [0.1, 0.15) is 0 Å². The normalized spacial score (nSPS) is 25.8. The average molecular weight is 371 g/mol. The molecule has 2 aliphatic heterocycles. The molecule has 4 amide bonds. The average Bonchev–Trinajstić information content (AvgIpc) is 3.10. The largest absolute Gasteiger partial charge is 0.369 e. The van der Waals surface area contributed by atoms with E-state index in [-0.39, 0.29) is 35.8 Å². The maximum atomic E-state index is 11.8. The highest BCUT2D eigenvalue weighted by Gasteiger charge is 2.42. The van der Waals surface area contributed by atoms with E-state index in [0.717, 1.165) is 44.3 Å². The number of carbonyl (C=O) groups is 3. The van der Waals surface area contributed by atoms with Crippen LogP contribution in [-0.4, -0.2) is 47.5 Å². The van der Waals surface area contributed by atoms with Crippen molar-refractivity contribution in [2.24, 2.45) is 11.7 Å². The fourth-order valence-corrected chi connectivity index (χ4v) is 4.85. The van der Waals surface area contributed by atoms with Gasteiger partial charge >= 0.3 is 6.03 Å². The number of rotatable bonds is 11. The molecule has 0 aliphatic carbocycles. The minimum atomic E-state index is -0.260. The Morgan fingerprint density at radius 1 is 1.28 bits per heavy atom. The monoisotopic (exact) mass is 370 g/mol. The molecule has 2 aliphatic rings. The second kappa shape index (κ2) is 9.89. The Labute approximate surface area is 153 Å². The number of carbonyl (C=O) groups excluding carboxylic acids is 3. The van der Waals surface area contributed by atoms with Crippen LogP contribution in [0.1, 0.15) is 51.9 Å². The Hall–Kier alpha value is -1.44. The summed E-state index contributed by atoms with van der Waals surface area (Å²) in [6, 6.07) is 0.460. The molecule has 2 fully saturated rings. The zero-order valence-corrected chi connectivity index (χ0v) is 15.7. The second-order valence-electron chi connectivity index (χ2n) is 7.02. The van der Waals surface area contributed by atoms with Gasteiger partial charge in [-0.1, -0.05) is 19.8 Å². The molecule has 0 aromatic heterocycles. The fourth-order valence-electron chi connectivity index (χ4n) is 3.31. The summed E-state index contributed by atoms with van der Waals surface area (Å²) < 4.78 is 0. The lowest BCUT2D eigenvalue weighted by atomic mass is 10.0. The van der Waals surface area contributed by atoms with Crippen LogP contribution in [0, 0.1) is 5.92 Å². The van der Waals surface area contributed by atoms with Gasteiger partial charge < -0.3 is 21.7 Å². The Morgan fingerprint density at radius 3 is 2.84 bits per heavy atom. The maximum Gasteiger partial charge on any atom is 0.315 e. The Bertz CT molecular complexity index is 489. The molecule has 2 saturated heterocycles. The van der Waals surface area contributed by atoms with Crippen LogP contribution in [0.4, 0.5) is 4.79 Å². The summed E-state index contributed by atoms with van der Waals surface area (Å²) in [6.07, 6.45) is 6.00. The van der Waals surface area contributed by atoms with Crippen molar-refractivity contribution < 1.29 is 14.4 Å². The van der Waals surface area contributed by atoms with E-state index in [0.29, 0.717) is 18.2 Å². The van der Waals surface area contributed by atoms with Crippen LogP contribution in [0.2, 0.25) is 0 Å². The molecular formula is C17H30N4O3S. The maximum absolute atomic E-state index is 11.8. The number of amides is 4. The molecule has 7 nitrogen and oxygen atoms in total. The van der Waals surface area contributed by atoms with Crippen molar-refractivity contribution >= 4 is 29.6 Å². The first-order valence-electron chi connectivity index (χ1n) is 9.22.